The highest BCUT2D eigenvalue weighted by Crippen LogP contribution is 2.36. The number of alkyl halides is 2. The summed E-state index contributed by atoms with van der Waals surface area (Å²) in [6.07, 6.45) is -0.736. The van der Waals surface area contributed by atoms with Gasteiger partial charge in [-0.1, -0.05) is 85.0 Å². The van der Waals surface area contributed by atoms with Crippen LogP contribution < -0.4 is 4.90 Å². The second kappa shape index (κ2) is 7.12. The Kier molecular flexibility index (Phi) is 5.75. The van der Waals surface area contributed by atoms with E-state index in [4.69, 9.17) is 35.4 Å². The van der Waals surface area contributed by atoms with Gasteiger partial charge in [0.25, 0.3) is 0 Å². The second-order valence-electron chi connectivity index (χ2n) is 6.78. The number of thiocarbonyl (C=S) groups is 1. The second-order valence-corrected chi connectivity index (χ2v) is 8.10. The number of hydrogen-bond acceptors (Lipinski definition) is 3. The normalized spacial score (nSPS) is 20.8. The Labute approximate surface area is 157 Å². The van der Waals surface area contributed by atoms with Crippen molar-refractivity contribution in [2.24, 2.45) is 5.92 Å². The monoisotopic (exact) mass is 391 g/mol. The van der Waals surface area contributed by atoms with Crippen molar-refractivity contribution >= 4 is 52.5 Å². The molecule has 1 saturated heterocycles. The smallest absolute Gasteiger partial charge is 0.272 e. The molecule has 1 aromatic rings. The minimum atomic E-state index is -1.22. The van der Waals surface area contributed by atoms with Crippen LogP contribution in [0.25, 0.3) is 0 Å². The summed E-state index contributed by atoms with van der Waals surface area (Å²) in [5.74, 6) is -0.327. The van der Waals surface area contributed by atoms with Crippen molar-refractivity contribution in [3.05, 3.63) is 29.8 Å². The summed E-state index contributed by atoms with van der Waals surface area (Å²) >= 11 is 16.7. The average Bonchev–Trinajstić information content (AvgIpc) is 2.78. The maximum Gasteiger partial charge on any atom is 0.369 e. The van der Waals surface area contributed by atoms with Crippen molar-refractivity contribution in [1.29, 1.82) is 0 Å². The summed E-state index contributed by atoms with van der Waals surface area (Å²) in [6.45, 7) is 8.06. The first-order valence-corrected chi connectivity index (χ1v) is 8.85. The highest BCUT2D eigenvalue weighted by molar-refractivity contribution is 7.79. The lowest BCUT2D eigenvalue weighted by atomic mass is 9.87. The summed E-state index contributed by atoms with van der Waals surface area (Å²) in [5.41, 5.74) is 1.64. The SMILES string of the molecule is CC(C=S)C1N(c2ccc(C(C)(C)C)cc2)C(=O)N(F)N1C(Cl)Cl. The molecule has 0 spiro atoms. The molecule has 0 N–H and O–H groups in total. The number of hydrogen-bond donors (Lipinski definition) is 0. The van der Waals surface area contributed by atoms with Crippen LogP contribution in [0.5, 0.6) is 0 Å². The molecule has 1 fully saturated rings. The maximum atomic E-state index is 14.3. The van der Waals surface area contributed by atoms with Gasteiger partial charge in [-0.15, -0.1) is 5.01 Å². The summed E-state index contributed by atoms with van der Waals surface area (Å²) in [5, 5.41) is 2.38. The van der Waals surface area contributed by atoms with E-state index in [1.54, 1.807) is 19.1 Å². The quantitative estimate of drug-likeness (QED) is 0.311. The molecule has 0 radical (unpaired) electrons. The van der Waals surface area contributed by atoms with Crippen LogP contribution in [0.15, 0.2) is 24.3 Å². The molecule has 2 amide bonds. The minimum Gasteiger partial charge on any atom is -0.272 e. The lowest BCUT2D eigenvalue weighted by Gasteiger charge is -2.31. The Hall–Kier alpha value is -0.950. The average molecular weight is 392 g/mol. The maximum absolute atomic E-state index is 14.3. The van der Waals surface area contributed by atoms with E-state index in [-0.39, 0.29) is 16.6 Å². The molecule has 1 aromatic carbocycles. The number of halogens is 3. The lowest BCUT2D eigenvalue weighted by molar-refractivity contribution is -0.115. The molecule has 132 valence electrons. The van der Waals surface area contributed by atoms with Gasteiger partial charge in [-0.3, -0.25) is 4.90 Å². The van der Waals surface area contributed by atoms with E-state index in [1.165, 1.54) is 10.3 Å². The first-order valence-electron chi connectivity index (χ1n) is 7.51. The molecule has 4 nitrogen and oxygen atoms in total. The van der Waals surface area contributed by atoms with Crippen LogP contribution >= 0.6 is 35.4 Å². The van der Waals surface area contributed by atoms with Crippen molar-refractivity contribution in [3.8, 4) is 0 Å². The molecule has 0 aromatic heterocycles. The van der Waals surface area contributed by atoms with E-state index in [2.05, 4.69) is 20.8 Å². The zero-order valence-electron chi connectivity index (χ0n) is 13.9. The number of urea groups is 1. The zero-order valence-corrected chi connectivity index (χ0v) is 16.2. The molecular weight excluding hydrogens is 372 g/mol. The van der Waals surface area contributed by atoms with E-state index >= 15 is 0 Å². The number of hydrazine groups is 1. The Morgan fingerprint density at radius 1 is 1.25 bits per heavy atom. The molecule has 1 heterocycles. The Balaban J connectivity index is 2.45. The zero-order chi connectivity index (χ0) is 18.2. The van der Waals surface area contributed by atoms with E-state index in [0.717, 1.165) is 10.6 Å². The van der Waals surface area contributed by atoms with Crippen molar-refractivity contribution in [2.75, 3.05) is 4.90 Å². The molecule has 24 heavy (non-hydrogen) atoms. The predicted octanol–water partition coefficient (Wildman–Crippen LogP) is 5.05. The fraction of sp³-hybridized carbons (Fsp3) is 0.500. The molecule has 0 aliphatic carbocycles. The van der Waals surface area contributed by atoms with Gasteiger partial charge in [0.2, 0.25) is 0 Å². The highest BCUT2D eigenvalue weighted by Gasteiger charge is 2.50. The van der Waals surface area contributed by atoms with Gasteiger partial charge in [0.15, 0.2) is 4.96 Å². The number of benzene rings is 1. The first-order chi connectivity index (χ1) is 11.1. The third kappa shape index (κ3) is 3.52. The number of carbonyl (C=O) groups is 1. The Morgan fingerprint density at radius 2 is 1.79 bits per heavy atom. The first kappa shape index (κ1) is 19.4. The van der Waals surface area contributed by atoms with E-state index in [0.29, 0.717) is 5.69 Å². The number of nitrogens with zero attached hydrogens (tertiary/aromatic N) is 3. The fourth-order valence-electron chi connectivity index (χ4n) is 2.65. The van der Waals surface area contributed by atoms with Crippen molar-refractivity contribution in [3.63, 3.8) is 0 Å². The van der Waals surface area contributed by atoms with Gasteiger partial charge in [-0.25, -0.2) is 4.79 Å². The molecule has 2 unspecified atom stereocenters. The molecule has 2 atom stereocenters. The molecule has 2 rings (SSSR count). The van der Waals surface area contributed by atoms with Gasteiger partial charge in [-0.05, 0) is 28.5 Å². The number of anilines is 1. The number of amides is 2. The van der Waals surface area contributed by atoms with Gasteiger partial charge in [-0.2, -0.15) is 0 Å². The molecule has 8 heteroatoms. The fourth-order valence-corrected chi connectivity index (χ4v) is 3.17. The topological polar surface area (TPSA) is 26.8 Å². The van der Waals surface area contributed by atoms with Crippen LogP contribution in [0.1, 0.15) is 33.3 Å². The third-order valence-corrected chi connectivity index (χ3v) is 4.83. The van der Waals surface area contributed by atoms with Crippen LogP contribution in [0.2, 0.25) is 0 Å². The molecule has 1 aliphatic rings. The molecule has 0 saturated carbocycles. The molecular formula is C16H20Cl2FN3OS. The Morgan fingerprint density at radius 3 is 2.21 bits per heavy atom. The molecule has 0 bridgehead atoms. The lowest BCUT2D eigenvalue weighted by Crippen LogP contribution is -2.47. The van der Waals surface area contributed by atoms with Crippen LogP contribution in [0.4, 0.5) is 15.0 Å². The van der Waals surface area contributed by atoms with Gasteiger partial charge in [0.05, 0.1) is 0 Å². The van der Waals surface area contributed by atoms with Gasteiger partial charge >= 0.3 is 6.03 Å². The van der Waals surface area contributed by atoms with Crippen LogP contribution in [0, 0.1) is 5.92 Å². The third-order valence-electron chi connectivity index (χ3n) is 4.00. The van der Waals surface area contributed by atoms with E-state index in [9.17, 15) is 9.28 Å². The van der Waals surface area contributed by atoms with Crippen molar-refractivity contribution in [1.82, 2.24) is 10.2 Å². The summed E-state index contributed by atoms with van der Waals surface area (Å²) in [4.78, 5) is 12.5. The molecule has 1 aliphatic heterocycles. The predicted molar refractivity (Wildman–Crippen MR) is 99.9 cm³/mol. The Bertz CT molecular complexity index is 621. The highest BCUT2D eigenvalue weighted by atomic mass is 35.5. The summed E-state index contributed by atoms with van der Waals surface area (Å²) in [7, 11) is 0. The van der Waals surface area contributed by atoms with Gasteiger partial charge < -0.3 is 0 Å². The van der Waals surface area contributed by atoms with Crippen LogP contribution in [-0.4, -0.2) is 32.8 Å². The summed E-state index contributed by atoms with van der Waals surface area (Å²) < 4.78 is 14.3. The minimum absolute atomic E-state index is 0.0236. The van der Waals surface area contributed by atoms with Gasteiger partial charge in [0.1, 0.15) is 6.17 Å². The largest absolute Gasteiger partial charge is 0.369 e. The van der Waals surface area contributed by atoms with Crippen molar-refractivity contribution < 1.29 is 9.28 Å². The van der Waals surface area contributed by atoms with E-state index in [1.807, 2.05) is 12.1 Å². The van der Waals surface area contributed by atoms with Crippen LogP contribution in [0.3, 0.4) is 0 Å². The standard InChI is InChI=1S/C16H20Cl2FN3OS/c1-10(9-24)13-20(15(23)22(19)21(13)14(17)18)12-7-5-11(6-8-12)16(2,3)4/h5-10,13-14H,1-4H3. The summed E-state index contributed by atoms with van der Waals surface area (Å²) in [6, 6.07) is 6.57. The number of rotatable bonds is 4. The van der Waals surface area contributed by atoms with Gasteiger partial charge in [0, 0.05) is 11.6 Å². The van der Waals surface area contributed by atoms with E-state index < -0.39 is 17.2 Å². The van der Waals surface area contributed by atoms with Crippen LogP contribution in [-0.2, 0) is 5.41 Å². The van der Waals surface area contributed by atoms with Crippen molar-refractivity contribution in [2.45, 2.75) is 44.2 Å². The number of carbonyl (C=O) groups excluding carboxylic acids is 1.